The molecule has 1 amide bonds. The number of pyridine rings is 2. The molecule has 7 rings (SSSR count). The summed E-state index contributed by atoms with van der Waals surface area (Å²) in [6.07, 6.45) is 9.17. The molecule has 4 aromatic rings. The van der Waals surface area contributed by atoms with Crippen LogP contribution in [0.15, 0.2) is 48.9 Å². The first-order chi connectivity index (χ1) is 23.4. The molecule has 0 spiro atoms. The van der Waals surface area contributed by atoms with Crippen molar-refractivity contribution < 1.29 is 23.0 Å². The highest BCUT2D eigenvalue weighted by molar-refractivity contribution is 6.36. The monoisotopic (exact) mass is 674 g/mol. The molecular weight excluding hydrogens is 642 g/mol. The summed E-state index contributed by atoms with van der Waals surface area (Å²) < 4.78 is 41.2. The Hall–Kier alpha value is -4.51. The minimum atomic E-state index is -0.764. The Balaban J connectivity index is 1.23. The number of aromatic nitrogens is 4. The molecule has 3 atom stereocenters. The zero-order valence-corrected chi connectivity index (χ0v) is 26.8. The number of morpholine rings is 1. The molecule has 0 aliphatic carbocycles. The highest BCUT2D eigenvalue weighted by Crippen LogP contribution is 2.37. The number of fused-ring (bicyclic) bond motifs is 4. The van der Waals surface area contributed by atoms with E-state index >= 15 is 4.39 Å². The maximum atomic E-state index is 16.7. The number of carbonyl (C=O) groups is 1. The van der Waals surface area contributed by atoms with Gasteiger partial charge in [-0.3, -0.25) is 19.7 Å². The molecule has 14 heteroatoms. The average Bonchev–Trinajstić information content (AvgIpc) is 3.73. The van der Waals surface area contributed by atoms with Gasteiger partial charge in [0, 0.05) is 84.8 Å². The number of carbonyl (C=O) groups excluding carboxylic acids is 1. The van der Waals surface area contributed by atoms with Crippen molar-refractivity contribution in [2.24, 2.45) is 0 Å². The van der Waals surface area contributed by atoms with Crippen molar-refractivity contribution in [1.82, 2.24) is 29.7 Å². The second kappa shape index (κ2) is 13.9. The van der Waals surface area contributed by atoms with Gasteiger partial charge in [-0.25, -0.2) is 8.78 Å². The molecule has 3 aliphatic heterocycles. The van der Waals surface area contributed by atoms with E-state index in [1.54, 1.807) is 23.2 Å². The van der Waals surface area contributed by atoms with Gasteiger partial charge in [0.25, 0.3) is 0 Å². The summed E-state index contributed by atoms with van der Waals surface area (Å²) in [5, 5.41) is 11.7. The largest absolute Gasteiger partial charge is 0.463 e. The third-order valence-corrected chi connectivity index (χ3v) is 9.52. The van der Waals surface area contributed by atoms with E-state index in [4.69, 9.17) is 26.1 Å². The van der Waals surface area contributed by atoms with Gasteiger partial charge in [0.05, 0.1) is 43.2 Å². The predicted octanol–water partition coefficient (Wildman–Crippen LogP) is 4.73. The third kappa shape index (κ3) is 6.23. The molecule has 0 N–H and O–H groups in total. The van der Waals surface area contributed by atoms with Crippen LogP contribution in [0.3, 0.4) is 0 Å². The van der Waals surface area contributed by atoms with Gasteiger partial charge in [0.1, 0.15) is 23.7 Å². The summed E-state index contributed by atoms with van der Waals surface area (Å²) in [7, 11) is 0. The van der Waals surface area contributed by atoms with Gasteiger partial charge in [0.15, 0.2) is 5.82 Å². The Bertz CT molecular complexity index is 1920. The van der Waals surface area contributed by atoms with Crippen molar-refractivity contribution in [2.45, 2.75) is 37.5 Å². The lowest BCUT2D eigenvalue weighted by atomic mass is 10.0. The molecule has 6 heterocycles. The van der Waals surface area contributed by atoms with Crippen LogP contribution >= 0.6 is 11.6 Å². The Kier molecular flexibility index (Phi) is 9.30. The van der Waals surface area contributed by atoms with E-state index in [0.29, 0.717) is 52.5 Å². The van der Waals surface area contributed by atoms with E-state index in [1.165, 1.54) is 18.5 Å². The van der Waals surface area contributed by atoms with E-state index in [2.05, 4.69) is 25.9 Å². The van der Waals surface area contributed by atoms with Crippen LogP contribution in [-0.2, 0) is 9.53 Å². The summed E-state index contributed by atoms with van der Waals surface area (Å²) in [5.74, 6) is -0.672. The predicted molar refractivity (Wildman–Crippen MR) is 176 cm³/mol. The maximum absolute atomic E-state index is 16.7. The van der Waals surface area contributed by atoms with Crippen molar-refractivity contribution >= 4 is 45.0 Å². The fourth-order valence-electron chi connectivity index (χ4n) is 6.93. The van der Waals surface area contributed by atoms with Gasteiger partial charge in [-0.15, -0.1) is 0 Å². The summed E-state index contributed by atoms with van der Waals surface area (Å²) in [4.78, 5) is 36.7. The lowest BCUT2D eigenvalue weighted by Gasteiger charge is -2.41. The van der Waals surface area contributed by atoms with Crippen molar-refractivity contribution in [1.29, 1.82) is 5.26 Å². The highest BCUT2D eigenvalue weighted by atomic mass is 35.5. The van der Waals surface area contributed by atoms with Crippen LogP contribution in [0, 0.1) is 17.1 Å². The zero-order valence-electron chi connectivity index (χ0n) is 26.1. The molecule has 48 heavy (non-hydrogen) atoms. The number of allylic oxidation sites excluding steroid dienone is 1. The van der Waals surface area contributed by atoms with Crippen molar-refractivity contribution in [3.63, 3.8) is 0 Å². The van der Waals surface area contributed by atoms with Gasteiger partial charge in [-0.1, -0.05) is 23.7 Å². The number of ether oxygens (including phenoxy) is 2. The smallest absolute Gasteiger partial charge is 0.319 e. The number of piperazine rings is 1. The average molecular weight is 675 g/mol. The number of alkyl halides is 1. The van der Waals surface area contributed by atoms with Crippen LogP contribution in [0.25, 0.3) is 32.9 Å². The van der Waals surface area contributed by atoms with Gasteiger partial charge in [0.2, 0.25) is 5.91 Å². The second-order valence-corrected chi connectivity index (χ2v) is 12.5. The molecule has 3 saturated heterocycles. The molecule has 11 nitrogen and oxygen atoms in total. The third-order valence-electron chi connectivity index (χ3n) is 9.21. The van der Waals surface area contributed by atoms with E-state index < -0.39 is 18.5 Å². The fourth-order valence-corrected chi connectivity index (χ4v) is 7.21. The van der Waals surface area contributed by atoms with Crippen LogP contribution < -0.4 is 9.64 Å². The lowest BCUT2D eigenvalue weighted by molar-refractivity contribution is -0.128. The van der Waals surface area contributed by atoms with E-state index in [0.717, 1.165) is 44.0 Å². The van der Waals surface area contributed by atoms with Crippen LogP contribution in [0.1, 0.15) is 19.3 Å². The number of anilines is 1. The number of likely N-dealkylation sites (tertiary alicyclic amines) is 1. The quantitative estimate of drug-likeness (QED) is 0.172. The first-order valence-corrected chi connectivity index (χ1v) is 16.3. The first kappa shape index (κ1) is 32.1. The Morgan fingerprint density at radius 3 is 2.90 bits per heavy atom. The van der Waals surface area contributed by atoms with Crippen molar-refractivity contribution in [2.75, 3.05) is 57.5 Å². The van der Waals surface area contributed by atoms with Gasteiger partial charge in [-0.2, -0.15) is 15.2 Å². The van der Waals surface area contributed by atoms with E-state index in [-0.39, 0.29) is 42.6 Å². The highest BCUT2D eigenvalue weighted by Gasteiger charge is 2.38. The lowest BCUT2D eigenvalue weighted by Crippen LogP contribution is -2.55. The molecule has 248 valence electrons. The molecule has 0 unspecified atom stereocenters. The van der Waals surface area contributed by atoms with Crippen LogP contribution in [0.5, 0.6) is 6.01 Å². The molecular formula is C34H33ClF2N8O3. The topological polar surface area (TPSA) is 121 Å². The maximum Gasteiger partial charge on any atom is 0.319 e. The minimum Gasteiger partial charge on any atom is -0.463 e. The van der Waals surface area contributed by atoms with Gasteiger partial charge >= 0.3 is 6.01 Å². The molecule has 3 aliphatic rings. The Labute approximate surface area is 280 Å². The summed E-state index contributed by atoms with van der Waals surface area (Å²) in [6.45, 7) is 2.88. The molecule has 3 aromatic heterocycles. The number of nitriles is 1. The first-order valence-electron chi connectivity index (χ1n) is 16.0. The SMILES string of the molecule is N#CC[C@H]1CN(c2nc(OCCCN3C[C@@H]4C[C@H]3CO4)nc3c(F)c(-c4cncc5cccc(Cl)c45)ncc23)CCN1C(=O)/C=C/CF. The van der Waals surface area contributed by atoms with Gasteiger partial charge in [-0.05, 0) is 25.0 Å². The number of benzene rings is 1. The molecule has 1 aromatic carbocycles. The van der Waals surface area contributed by atoms with Gasteiger partial charge < -0.3 is 19.3 Å². The molecule has 0 saturated carbocycles. The number of hydrogen-bond donors (Lipinski definition) is 0. The number of amides is 1. The van der Waals surface area contributed by atoms with E-state index in [1.807, 2.05) is 11.0 Å². The number of hydrogen-bond acceptors (Lipinski definition) is 10. The molecule has 2 bridgehead atoms. The van der Waals surface area contributed by atoms with Crippen LogP contribution in [-0.4, -0.2) is 106 Å². The number of rotatable bonds is 10. The second-order valence-electron chi connectivity index (χ2n) is 12.1. The summed E-state index contributed by atoms with van der Waals surface area (Å²) >= 11 is 6.56. The summed E-state index contributed by atoms with van der Waals surface area (Å²) in [6, 6.07) is 7.47. The molecule has 3 fully saturated rings. The van der Waals surface area contributed by atoms with Crippen LogP contribution in [0.4, 0.5) is 14.6 Å². The van der Waals surface area contributed by atoms with Crippen molar-refractivity contribution in [3.05, 3.63) is 59.8 Å². The fraction of sp³-hybridized carbons (Fsp3) is 0.412. The Morgan fingerprint density at radius 2 is 2.10 bits per heavy atom. The van der Waals surface area contributed by atoms with Crippen molar-refractivity contribution in [3.8, 4) is 23.3 Å². The minimum absolute atomic E-state index is 0.00937. The zero-order chi connectivity index (χ0) is 33.2. The number of halogens is 3. The normalized spacial score (nSPS) is 21.1. The molecule has 0 radical (unpaired) electrons. The van der Waals surface area contributed by atoms with Crippen LogP contribution in [0.2, 0.25) is 5.02 Å². The summed E-state index contributed by atoms with van der Waals surface area (Å²) in [5.41, 5.74) is 0.471. The standard InChI is InChI=1S/C34H33ClF2N8O3/c35-27-5-1-4-21-15-39-16-25(29(21)27)31-30(37)32-26(17-40-31)33(44-11-12-45(22(18-44)7-9-38)28(46)6-2-8-36)42-34(41-32)47-13-3-10-43-19-24-14-23(43)20-48-24/h1-2,4-6,15-17,22-24H,3,7-8,10-14,18-20H2/b6-2+/t22-,23-,24-/m0/s1. The Morgan fingerprint density at radius 1 is 1.21 bits per heavy atom. The van der Waals surface area contributed by atoms with E-state index in [9.17, 15) is 14.4 Å². The number of nitrogens with zero attached hydrogens (tertiary/aromatic N) is 8.